The maximum absolute atomic E-state index is 11.6. The summed E-state index contributed by atoms with van der Waals surface area (Å²) in [6.07, 6.45) is 0. The molecule has 0 fully saturated rings. The third kappa shape index (κ3) is 2.29. The van der Waals surface area contributed by atoms with Crippen molar-refractivity contribution < 1.29 is 14.7 Å². The standard InChI is InChI=1S/C11H12N4O3/c1-2-15-9-4-3-7(5-8(9)13-14-15)11(18)12-6-10(16)17/h3-5H,2,6H2,1H3,(H,12,18)(H,16,17). The third-order valence-corrected chi connectivity index (χ3v) is 2.48. The van der Waals surface area contributed by atoms with E-state index < -0.39 is 18.4 Å². The highest BCUT2D eigenvalue weighted by molar-refractivity contribution is 5.98. The number of carboxylic acids is 1. The lowest BCUT2D eigenvalue weighted by Gasteiger charge is -2.02. The molecular formula is C11H12N4O3. The number of nitrogens with zero attached hydrogens (tertiary/aromatic N) is 3. The summed E-state index contributed by atoms with van der Waals surface area (Å²) < 4.78 is 1.72. The molecule has 1 heterocycles. The number of fused-ring (bicyclic) bond motifs is 1. The summed E-state index contributed by atoms with van der Waals surface area (Å²) in [6, 6.07) is 4.95. The Balaban J connectivity index is 2.24. The van der Waals surface area contributed by atoms with E-state index in [0.717, 1.165) is 5.52 Å². The normalized spacial score (nSPS) is 10.5. The predicted molar refractivity (Wildman–Crippen MR) is 63.2 cm³/mol. The largest absolute Gasteiger partial charge is 0.480 e. The van der Waals surface area contributed by atoms with Gasteiger partial charge in [0.2, 0.25) is 0 Å². The lowest BCUT2D eigenvalue weighted by Crippen LogP contribution is -2.29. The molecule has 0 bridgehead atoms. The number of carboxylic acid groups (broad SMARTS) is 1. The van der Waals surface area contributed by atoms with Gasteiger partial charge in [-0.2, -0.15) is 0 Å². The monoisotopic (exact) mass is 248 g/mol. The van der Waals surface area contributed by atoms with Crippen molar-refractivity contribution in [2.45, 2.75) is 13.5 Å². The van der Waals surface area contributed by atoms with Crippen LogP contribution >= 0.6 is 0 Å². The number of amides is 1. The number of rotatable bonds is 4. The molecule has 2 aromatic rings. The molecule has 0 aliphatic rings. The van der Waals surface area contributed by atoms with Crippen LogP contribution in [0.3, 0.4) is 0 Å². The lowest BCUT2D eigenvalue weighted by atomic mass is 10.2. The predicted octanol–water partition coefficient (Wildman–Crippen LogP) is 0.266. The van der Waals surface area contributed by atoms with Crippen LogP contribution in [0.1, 0.15) is 17.3 Å². The molecule has 1 amide bonds. The van der Waals surface area contributed by atoms with Crippen LogP contribution in [0.2, 0.25) is 0 Å². The SMILES string of the molecule is CCn1nnc2cc(C(=O)NCC(=O)O)ccc21. The quantitative estimate of drug-likeness (QED) is 0.809. The number of benzene rings is 1. The molecule has 0 unspecified atom stereocenters. The van der Waals surface area contributed by atoms with Gasteiger partial charge in [-0.15, -0.1) is 5.10 Å². The fourth-order valence-electron chi connectivity index (χ4n) is 1.60. The first-order valence-electron chi connectivity index (χ1n) is 5.45. The van der Waals surface area contributed by atoms with Gasteiger partial charge < -0.3 is 10.4 Å². The smallest absolute Gasteiger partial charge is 0.322 e. The van der Waals surface area contributed by atoms with E-state index in [9.17, 15) is 9.59 Å². The van der Waals surface area contributed by atoms with Gasteiger partial charge in [-0.05, 0) is 25.1 Å². The van der Waals surface area contributed by atoms with Gasteiger partial charge in [-0.1, -0.05) is 5.21 Å². The summed E-state index contributed by atoms with van der Waals surface area (Å²) in [5.74, 6) is -1.52. The van der Waals surface area contributed by atoms with E-state index >= 15 is 0 Å². The fraction of sp³-hybridized carbons (Fsp3) is 0.273. The van der Waals surface area contributed by atoms with Crippen LogP contribution < -0.4 is 5.32 Å². The number of aryl methyl sites for hydroxylation is 1. The fourth-order valence-corrected chi connectivity index (χ4v) is 1.60. The molecule has 18 heavy (non-hydrogen) atoms. The molecule has 0 spiro atoms. The summed E-state index contributed by atoms with van der Waals surface area (Å²) in [5.41, 5.74) is 1.82. The number of carbonyl (C=O) groups excluding carboxylic acids is 1. The molecule has 7 heteroatoms. The summed E-state index contributed by atoms with van der Waals surface area (Å²) in [7, 11) is 0. The Morgan fingerprint density at radius 1 is 1.44 bits per heavy atom. The first-order valence-corrected chi connectivity index (χ1v) is 5.45. The summed E-state index contributed by atoms with van der Waals surface area (Å²) >= 11 is 0. The van der Waals surface area contributed by atoms with Crippen molar-refractivity contribution in [1.82, 2.24) is 20.3 Å². The molecule has 0 saturated heterocycles. The van der Waals surface area contributed by atoms with Gasteiger partial charge in [0.05, 0.1) is 5.52 Å². The number of aliphatic carboxylic acids is 1. The maximum atomic E-state index is 11.6. The summed E-state index contributed by atoms with van der Waals surface area (Å²) in [4.78, 5) is 22.0. The van der Waals surface area contributed by atoms with E-state index in [0.29, 0.717) is 17.6 Å². The van der Waals surface area contributed by atoms with Crippen molar-refractivity contribution in [3.8, 4) is 0 Å². The Hall–Kier alpha value is -2.44. The molecule has 1 aromatic heterocycles. The van der Waals surface area contributed by atoms with E-state index in [-0.39, 0.29) is 0 Å². The first kappa shape index (κ1) is 12.0. The molecule has 7 nitrogen and oxygen atoms in total. The molecule has 0 atom stereocenters. The maximum Gasteiger partial charge on any atom is 0.322 e. The van der Waals surface area contributed by atoms with Crippen LogP contribution in [0.4, 0.5) is 0 Å². The Bertz CT molecular complexity index is 605. The van der Waals surface area contributed by atoms with E-state index in [1.807, 2.05) is 6.92 Å². The Labute approximate surface area is 102 Å². The minimum absolute atomic E-state index is 0.368. The summed E-state index contributed by atoms with van der Waals surface area (Å²) in [5, 5.41) is 18.6. The van der Waals surface area contributed by atoms with Gasteiger partial charge in [0.1, 0.15) is 12.1 Å². The van der Waals surface area contributed by atoms with E-state index in [1.165, 1.54) is 0 Å². The van der Waals surface area contributed by atoms with Crippen molar-refractivity contribution >= 4 is 22.9 Å². The molecule has 0 aliphatic carbocycles. The van der Waals surface area contributed by atoms with Crippen molar-refractivity contribution in [2.24, 2.45) is 0 Å². The highest BCUT2D eigenvalue weighted by Gasteiger charge is 2.10. The van der Waals surface area contributed by atoms with Gasteiger partial charge >= 0.3 is 5.97 Å². The third-order valence-electron chi connectivity index (χ3n) is 2.48. The second kappa shape index (κ2) is 4.82. The second-order valence-corrected chi connectivity index (χ2v) is 3.69. The number of carbonyl (C=O) groups is 2. The van der Waals surface area contributed by atoms with Gasteiger partial charge in [0.25, 0.3) is 5.91 Å². The number of nitrogens with one attached hydrogen (secondary N) is 1. The van der Waals surface area contributed by atoms with Crippen molar-refractivity contribution in [1.29, 1.82) is 0 Å². The van der Waals surface area contributed by atoms with Crippen LogP contribution in [-0.2, 0) is 11.3 Å². The molecule has 2 rings (SSSR count). The van der Waals surface area contributed by atoms with Gasteiger partial charge in [0, 0.05) is 12.1 Å². The van der Waals surface area contributed by atoms with E-state index in [2.05, 4.69) is 15.6 Å². The van der Waals surface area contributed by atoms with Crippen LogP contribution in [0.5, 0.6) is 0 Å². The Kier molecular flexibility index (Phi) is 3.22. The highest BCUT2D eigenvalue weighted by atomic mass is 16.4. The Morgan fingerprint density at radius 2 is 2.22 bits per heavy atom. The zero-order valence-electron chi connectivity index (χ0n) is 9.75. The van der Waals surface area contributed by atoms with Gasteiger partial charge in [-0.25, -0.2) is 4.68 Å². The molecule has 0 saturated carbocycles. The topological polar surface area (TPSA) is 97.1 Å². The number of hydrogen-bond donors (Lipinski definition) is 2. The molecule has 94 valence electrons. The van der Waals surface area contributed by atoms with Crippen molar-refractivity contribution in [3.05, 3.63) is 23.8 Å². The Morgan fingerprint density at radius 3 is 2.89 bits per heavy atom. The summed E-state index contributed by atoms with van der Waals surface area (Å²) in [6.45, 7) is 2.24. The zero-order chi connectivity index (χ0) is 13.1. The molecule has 2 N–H and O–H groups in total. The first-order chi connectivity index (χ1) is 8.61. The minimum atomic E-state index is -1.08. The van der Waals surface area contributed by atoms with Crippen LogP contribution in [-0.4, -0.2) is 38.5 Å². The minimum Gasteiger partial charge on any atom is -0.480 e. The van der Waals surface area contributed by atoms with Gasteiger partial charge in [0.15, 0.2) is 0 Å². The van der Waals surface area contributed by atoms with Crippen LogP contribution in [0.15, 0.2) is 18.2 Å². The van der Waals surface area contributed by atoms with E-state index in [1.54, 1.807) is 22.9 Å². The van der Waals surface area contributed by atoms with E-state index in [4.69, 9.17) is 5.11 Å². The van der Waals surface area contributed by atoms with Crippen molar-refractivity contribution in [2.75, 3.05) is 6.54 Å². The van der Waals surface area contributed by atoms with Crippen LogP contribution in [0.25, 0.3) is 11.0 Å². The lowest BCUT2D eigenvalue weighted by molar-refractivity contribution is -0.135. The molecular weight excluding hydrogens is 236 g/mol. The molecule has 1 aromatic carbocycles. The number of aromatic nitrogens is 3. The van der Waals surface area contributed by atoms with Crippen LogP contribution in [0, 0.1) is 0 Å². The molecule has 0 radical (unpaired) electrons. The number of hydrogen-bond acceptors (Lipinski definition) is 4. The zero-order valence-corrected chi connectivity index (χ0v) is 9.75. The highest BCUT2D eigenvalue weighted by Crippen LogP contribution is 2.13. The molecule has 0 aliphatic heterocycles. The second-order valence-electron chi connectivity index (χ2n) is 3.69. The van der Waals surface area contributed by atoms with Crippen molar-refractivity contribution in [3.63, 3.8) is 0 Å². The van der Waals surface area contributed by atoms with Gasteiger partial charge in [-0.3, -0.25) is 9.59 Å². The average Bonchev–Trinajstić information content (AvgIpc) is 2.77. The average molecular weight is 248 g/mol.